The lowest BCUT2D eigenvalue weighted by molar-refractivity contribution is -0.121. The van der Waals surface area contributed by atoms with E-state index in [-0.39, 0.29) is 5.91 Å². The minimum absolute atomic E-state index is 0.0889. The number of hydrogen-bond donors (Lipinski definition) is 2. The van der Waals surface area contributed by atoms with Crippen molar-refractivity contribution in [1.82, 2.24) is 5.32 Å². The Morgan fingerprint density at radius 2 is 1.81 bits per heavy atom. The third-order valence-corrected chi connectivity index (χ3v) is 6.29. The zero-order valence-electron chi connectivity index (χ0n) is 15.7. The molecule has 0 aliphatic carbocycles. The van der Waals surface area contributed by atoms with Crippen LogP contribution in [0.1, 0.15) is 32.1 Å². The summed E-state index contributed by atoms with van der Waals surface area (Å²) in [5.41, 5.74) is 7.65. The maximum Gasteiger partial charge on any atom is 0.312 e. The Hall–Kier alpha value is -2.28. The molecule has 0 unspecified atom stereocenters. The number of rotatable bonds is 3. The van der Waals surface area contributed by atoms with Gasteiger partial charge in [0.25, 0.3) is 0 Å². The monoisotopic (exact) mass is 372 g/mol. The number of ether oxygens (including phenoxy) is 1. The molecule has 3 saturated heterocycles. The summed E-state index contributed by atoms with van der Waals surface area (Å²) in [6, 6.07) is 7.02. The van der Waals surface area contributed by atoms with Gasteiger partial charge in [-0.05, 0) is 61.8 Å². The number of piperidine rings is 2. The Morgan fingerprint density at radius 3 is 2.44 bits per heavy atom. The zero-order valence-corrected chi connectivity index (χ0v) is 15.7. The summed E-state index contributed by atoms with van der Waals surface area (Å²) in [6.07, 6.45) is 5.03. The summed E-state index contributed by atoms with van der Waals surface area (Å²) >= 11 is 0. The van der Waals surface area contributed by atoms with E-state index in [9.17, 15) is 9.59 Å². The first-order valence-electron chi connectivity index (χ1n) is 9.86. The van der Waals surface area contributed by atoms with Crippen LogP contribution in [0.25, 0.3) is 0 Å². The van der Waals surface area contributed by atoms with Gasteiger partial charge in [0.15, 0.2) is 0 Å². The number of nitrogens with zero attached hydrogens (tertiary/aromatic N) is 2. The number of hydrogen-bond acceptors (Lipinski definition) is 4. The van der Waals surface area contributed by atoms with Crippen molar-refractivity contribution < 1.29 is 14.3 Å². The SMILES string of the molecule is NC(=O)N[C@@H]1CCCN(c2ccc(N3CCC4(CCOC4)CC3)cc2)C1=O. The Kier molecular flexibility index (Phi) is 4.95. The molecule has 3 fully saturated rings. The van der Waals surface area contributed by atoms with Crippen molar-refractivity contribution in [3.63, 3.8) is 0 Å². The van der Waals surface area contributed by atoms with E-state index >= 15 is 0 Å². The van der Waals surface area contributed by atoms with Crippen molar-refractivity contribution in [3.8, 4) is 0 Å². The molecule has 1 spiro atoms. The number of carbonyl (C=O) groups is 2. The quantitative estimate of drug-likeness (QED) is 0.848. The first kappa shape index (κ1) is 18.1. The predicted octanol–water partition coefficient (Wildman–Crippen LogP) is 1.86. The van der Waals surface area contributed by atoms with E-state index in [0.717, 1.165) is 38.4 Å². The maximum atomic E-state index is 12.6. The molecule has 3 amide bonds. The molecule has 0 radical (unpaired) electrons. The van der Waals surface area contributed by atoms with Gasteiger partial charge in [-0.2, -0.15) is 0 Å². The zero-order chi connectivity index (χ0) is 18.9. The van der Waals surface area contributed by atoms with Crippen molar-refractivity contribution in [1.29, 1.82) is 0 Å². The van der Waals surface area contributed by atoms with E-state index < -0.39 is 12.1 Å². The third kappa shape index (κ3) is 3.74. The van der Waals surface area contributed by atoms with Crippen LogP contribution in [0.2, 0.25) is 0 Å². The summed E-state index contributed by atoms with van der Waals surface area (Å²) in [4.78, 5) is 27.9. The van der Waals surface area contributed by atoms with Crippen LogP contribution in [0, 0.1) is 5.41 Å². The highest BCUT2D eigenvalue weighted by Crippen LogP contribution is 2.40. The van der Waals surface area contributed by atoms with Crippen LogP contribution >= 0.6 is 0 Å². The minimum atomic E-state index is -0.652. The Labute approximate surface area is 159 Å². The van der Waals surface area contributed by atoms with Gasteiger partial charge in [-0.25, -0.2) is 4.79 Å². The van der Waals surface area contributed by atoms with E-state index in [2.05, 4.69) is 22.3 Å². The lowest BCUT2D eigenvalue weighted by atomic mass is 9.78. The number of benzene rings is 1. The van der Waals surface area contributed by atoms with Crippen LogP contribution in [-0.2, 0) is 9.53 Å². The minimum Gasteiger partial charge on any atom is -0.381 e. The number of nitrogens with one attached hydrogen (secondary N) is 1. The molecule has 146 valence electrons. The summed E-state index contributed by atoms with van der Waals surface area (Å²) in [7, 11) is 0. The van der Waals surface area contributed by atoms with Gasteiger partial charge in [0.1, 0.15) is 6.04 Å². The van der Waals surface area contributed by atoms with Crippen molar-refractivity contribution in [2.45, 2.75) is 38.1 Å². The first-order valence-corrected chi connectivity index (χ1v) is 9.86. The average molecular weight is 372 g/mol. The van der Waals surface area contributed by atoms with Crippen molar-refractivity contribution >= 4 is 23.3 Å². The third-order valence-electron chi connectivity index (χ3n) is 6.29. The van der Waals surface area contributed by atoms with Gasteiger partial charge in [0.2, 0.25) is 5.91 Å². The molecule has 3 N–H and O–H groups in total. The van der Waals surface area contributed by atoms with Crippen LogP contribution in [0.4, 0.5) is 16.2 Å². The molecule has 3 aliphatic rings. The van der Waals surface area contributed by atoms with Crippen molar-refractivity contribution in [3.05, 3.63) is 24.3 Å². The summed E-state index contributed by atoms with van der Waals surface area (Å²) in [5, 5.41) is 2.55. The van der Waals surface area contributed by atoms with E-state index in [1.807, 2.05) is 12.1 Å². The Balaban J connectivity index is 1.40. The van der Waals surface area contributed by atoms with Crippen molar-refractivity contribution in [2.75, 3.05) is 42.6 Å². The topological polar surface area (TPSA) is 87.9 Å². The second-order valence-electron chi connectivity index (χ2n) is 8.00. The van der Waals surface area contributed by atoms with Crippen LogP contribution in [0.3, 0.4) is 0 Å². The molecular weight excluding hydrogens is 344 g/mol. The van der Waals surface area contributed by atoms with Gasteiger partial charge < -0.3 is 25.6 Å². The normalized spacial score (nSPS) is 25.0. The van der Waals surface area contributed by atoms with E-state index in [0.29, 0.717) is 18.4 Å². The lowest BCUT2D eigenvalue weighted by Crippen LogP contribution is -2.53. The van der Waals surface area contributed by atoms with E-state index in [1.54, 1.807) is 4.90 Å². The second-order valence-corrected chi connectivity index (χ2v) is 8.00. The fourth-order valence-corrected chi connectivity index (χ4v) is 4.56. The second kappa shape index (κ2) is 7.38. The molecule has 4 rings (SSSR count). The molecule has 7 nitrogen and oxygen atoms in total. The highest BCUT2D eigenvalue weighted by molar-refractivity contribution is 5.99. The van der Waals surface area contributed by atoms with Crippen LogP contribution < -0.4 is 20.9 Å². The molecule has 1 atom stereocenters. The maximum absolute atomic E-state index is 12.6. The van der Waals surface area contributed by atoms with Gasteiger partial charge in [0, 0.05) is 37.6 Å². The van der Waals surface area contributed by atoms with Crippen LogP contribution in [0.5, 0.6) is 0 Å². The molecule has 0 saturated carbocycles. The number of nitrogens with two attached hydrogens (primary N) is 1. The molecule has 27 heavy (non-hydrogen) atoms. The average Bonchev–Trinajstić information content (AvgIpc) is 3.12. The van der Waals surface area contributed by atoms with Gasteiger partial charge >= 0.3 is 6.03 Å². The predicted molar refractivity (Wildman–Crippen MR) is 104 cm³/mol. The number of carbonyl (C=O) groups excluding carboxylic acids is 2. The molecule has 3 aliphatic heterocycles. The molecule has 3 heterocycles. The fourth-order valence-electron chi connectivity index (χ4n) is 4.56. The first-order chi connectivity index (χ1) is 13.1. The lowest BCUT2D eigenvalue weighted by Gasteiger charge is -2.39. The molecule has 1 aromatic rings. The van der Waals surface area contributed by atoms with Crippen LogP contribution in [0.15, 0.2) is 24.3 Å². The van der Waals surface area contributed by atoms with Gasteiger partial charge in [-0.3, -0.25) is 4.79 Å². The number of urea groups is 1. The number of primary amides is 1. The van der Waals surface area contributed by atoms with Gasteiger partial charge in [-0.1, -0.05) is 0 Å². The summed E-state index contributed by atoms with van der Waals surface area (Å²) < 4.78 is 5.61. The molecule has 0 aromatic heterocycles. The Morgan fingerprint density at radius 1 is 1.11 bits per heavy atom. The smallest absolute Gasteiger partial charge is 0.312 e. The standard InChI is InChI=1S/C20H28N4O3/c21-19(26)22-17-2-1-10-24(18(17)25)16-5-3-15(4-6-16)23-11-7-20(8-12-23)9-13-27-14-20/h3-6,17H,1-2,7-14H2,(H3,21,22,26)/t17-/m1/s1. The van der Waals surface area contributed by atoms with Gasteiger partial charge in [-0.15, -0.1) is 0 Å². The number of anilines is 2. The summed E-state index contributed by atoms with van der Waals surface area (Å²) in [5.74, 6) is -0.0889. The van der Waals surface area contributed by atoms with E-state index in [1.165, 1.54) is 24.9 Å². The largest absolute Gasteiger partial charge is 0.381 e. The summed E-state index contributed by atoms with van der Waals surface area (Å²) in [6.45, 7) is 4.59. The fraction of sp³-hybridized carbons (Fsp3) is 0.600. The highest BCUT2D eigenvalue weighted by Gasteiger charge is 2.38. The molecule has 7 heteroatoms. The highest BCUT2D eigenvalue weighted by atomic mass is 16.5. The Bertz CT molecular complexity index is 690. The molecular formula is C20H28N4O3. The molecule has 0 bridgehead atoms. The van der Waals surface area contributed by atoms with E-state index in [4.69, 9.17) is 10.5 Å². The molecule has 1 aromatic carbocycles. The van der Waals surface area contributed by atoms with Gasteiger partial charge in [0.05, 0.1) is 6.61 Å². The van der Waals surface area contributed by atoms with Crippen LogP contribution in [-0.4, -0.2) is 50.8 Å². The van der Waals surface area contributed by atoms with Crippen molar-refractivity contribution in [2.24, 2.45) is 11.1 Å². The number of amides is 3.